The van der Waals surface area contributed by atoms with E-state index < -0.39 is 11.0 Å². The van der Waals surface area contributed by atoms with Gasteiger partial charge in [0.05, 0.1) is 5.41 Å². The summed E-state index contributed by atoms with van der Waals surface area (Å²) in [6.07, 6.45) is 0.784. The van der Waals surface area contributed by atoms with Crippen LogP contribution in [0.2, 0.25) is 0 Å². The Balaban J connectivity index is 2.71. The zero-order valence-corrected chi connectivity index (χ0v) is 13.0. The Morgan fingerprint density at radius 1 is 1.11 bits per heavy atom. The number of esters is 1. The molecule has 0 aliphatic heterocycles. The summed E-state index contributed by atoms with van der Waals surface area (Å²) in [5.41, 5.74) is 0.367. The molecule has 1 aromatic rings. The lowest BCUT2D eigenvalue weighted by Crippen LogP contribution is -2.34. The van der Waals surface area contributed by atoms with Gasteiger partial charge >= 0.3 is 5.97 Å². The zero-order chi connectivity index (χ0) is 14.7. The summed E-state index contributed by atoms with van der Waals surface area (Å²) in [4.78, 5) is 12.2. The van der Waals surface area contributed by atoms with Gasteiger partial charge in [0.2, 0.25) is 0 Å². The molecule has 0 radical (unpaired) electrons. The van der Waals surface area contributed by atoms with Gasteiger partial charge in [0, 0.05) is 0 Å². The minimum Gasteiger partial charge on any atom is -0.460 e. The molecule has 2 heteroatoms. The maximum absolute atomic E-state index is 12.2. The smallest absolute Gasteiger partial charge is 0.312 e. The molecular weight excluding hydrogens is 236 g/mol. The third-order valence-corrected chi connectivity index (χ3v) is 3.14. The second kappa shape index (κ2) is 5.77. The first-order chi connectivity index (χ1) is 8.62. The van der Waals surface area contributed by atoms with Gasteiger partial charge in [0.15, 0.2) is 0 Å². The Hall–Kier alpha value is -1.31. The molecule has 1 aromatic carbocycles. The van der Waals surface area contributed by atoms with Crippen LogP contribution in [0.3, 0.4) is 0 Å². The van der Waals surface area contributed by atoms with E-state index in [1.807, 2.05) is 52.8 Å². The predicted octanol–water partition coefficient (Wildman–Crippen LogP) is 4.55. The van der Waals surface area contributed by atoms with E-state index in [4.69, 9.17) is 4.74 Å². The normalized spacial score (nSPS) is 14.0. The zero-order valence-electron chi connectivity index (χ0n) is 13.0. The Labute approximate surface area is 117 Å². The van der Waals surface area contributed by atoms with Gasteiger partial charge in [-0.3, -0.25) is 4.79 Å². The van der Waals surface area contributed by atoms with Crippen molar-refractivity contribution in [3.63, 3.8) is 0 Å². The molecule has 106 valence electrons. The van der Waals surface area contributed by atoms with Gasteiger partial charge in [-0.25, -0.2) is 0 Å². The Kier molecular flexibility index (Phi) is 4.78. The first-order valence-electron chi connectivity index (χ1n) is 6.90. The summed E-state index contributed by atoms with van der Waals surface area (Å²) >= 11 is 0. The highest BCUT2D eigenvalue weighted by atomic mass is 16.6. The summed E-state index contributed by atoms with van der Waals surface area (Å²) < 4.78 is 5.50. The molecule has 0 spiro atoms. The van der Waals surface area contributed by atoms with Crippen molar-refractivity contribution in [1.82, 2.24) is 0 Å². The van der Waals surface area contributed by atoms with Crippen LogP contribution in [0.4, 0.5) is 0 Å². The topological polar surface area (TPSA) is 26.3 Å². The van der Waals surface area contributed by atoms with E-state index in [9.17, 15) is 4.79 Å². The van der Waals surface area contributed by atoms with Gasteiger partial charge in [0.1, 0.15) is 5.60 Å². The van der Waals surface area contributed by atoms with Crippen LogP contribution in [-0.2, 0) is 9.53 Å². The molecular formula is C17H26O2. The number of hydrogen-bond donors (Lipinski definition) is 0. The van der Waals surface area contributed by atoms with Gasteiger partial charge < -0.3 is 4.74 Å². The lowest BCUT2D eigenvalue weighted by Gasteiger charge is -2.30. The Morgan fingerprint density at radius 2 is 1.63 bits per heavy atom. The molecule has 0 aromatic heterocycles. The molecule has 0 N–H and O–H groups in total. The van der Waals surface area contributed by atoms with Crippen molar-refractivity contribution in [2.75, 3.05) is 0 Å². The van der Waals surface area contributed by atoms with Gasteiger partial charge in [-0.15, -0.1) is 0 Å². The molecule has 0 saturated heterocycles. The van der Waals surface area contributed by atoms with Crippen molar-refractivity contribution in [3.8, 4) is 0 Å². The molecule has 0 bridgehead atoms. The van der Waals surface area contributed by atoms with Gasteiger partial charge in [-0.2, -0.15) is 0 Å². The van der Waals surface area contributed by atoms with E-state index in [1.165, 1.54) is 5.56 Å². The minimum atomic E-state index is -0.470. The second-order valence-corrected chi connectivity index (χ2v) is 6.90. The van der Waals surface area contributed by atoms with E-state index in [-0.39, 0.29) is 5.97 Å². The summed E-state index contributed by atoms with van der Waals surface area (Å²) in [7, 11) is 0. The highest BCUT2D eigenvalue weighted by Crippen LogP contribution is 2.33. The van der Waals surface area contributed by atoms with Crippen molar-refractivity contribution >= 4 is 5.97 Å². The quantitative estimate of drug-likeness (QED) is 0.744. The standard InChI is InChI=1S/C17H26O2/c1-13(14-10-8-7-9-11-14)12-17(5,6)15(18)19-16(2,3)4/h7-11,13H,12H2,1-6H3. The summed E-state index contributed by atoms with van der Waals surface area (Å²) in [6.45, 7) is 11.8. The monoisotopic (exact) mass is 262 g/mol. The molecule has 0 saturated carbocycles. The molecule has 19 heavy (non-hydrogen) atoms. The van der Waals surface area contributed by atoms with Crippen LogP contribution in [0.1, 0.15) is 59.4 Å². The number of rotatable bonds is 4. The molecule has 1 atom stereocenters. The number of hydrogen-bond acceptors (Lipinski definition) is 2. The van der Waals surface area contributed by atoms with Crippen molar-refractivity contribution < 1.29 is 9.53 Å². The van der Waals surface area contributed by atoms with E-state index in [1.54, 1.807) is 0 Å². The molecule has 0 fully saturated rings. The molecule has 0 heterocycles. The van der Waals surface area contributed by atoms with Crippen LogP contribution in [0, 0.1) is 5.41 Å². The Morgan fingerprint density at radius 3 is 2.11 bits per heavy atom. The largest absolute Gasteiger partial charge is 0.460 e. The van der Waals surface area contributed by atoms with Crippen molar-refractivity contribution in [1.29, 1.82) is 0 Å². The van der Waals surface area contributed by atoms with Gasteiger partial charge in [-0.1, -0.05) is 37.3 Å². The highest BCUT2D eigenvalue weighted by molar-refractivity contribution is 5.76. The minimum absolute atomic E-state index is 0.122. The molecule has 0 aliphatic carbocycles. The molecule has 2 nitrogen and oxygen atoms in total. The maximum Gasteiger partial charge on any atom is 0.312 e. The van der Waals surface area contributed by atoms with E-state index in [2.05, 4.69) is 19.1 Å². The lowest BCUT2D eigenvalue weighted by atomic mass is 9.80. The molecule has 0 aliphatic rings. The van der Waals surface area contributed by atoms with E-state index >= 15 is 0 Å². The van der Waals surface area contributed by atoms with Crippen molar-refractivity contribution in [3.05, 3.63) is 35.9 Å². The summed E-state index contributed by atoms with van der Waals surface area (Å²) in [5, 5.41) is 0. The van der Waals surface area contributed by atoms with Crippen LogP contribution in [0.5, 0.6) is 0 Å². The molecule has 1 unspecified atom stereocenters. The SMILES string of the molecule is CC(CC(C)(C)C(=O)OC(C)(C)C)c1ccccc1. The first kappa shape index (κ1) is 15.7. The Bertz CT molecular complexity index is 413. The van der Waals surface area contributed by atoms with Crippen molar-refractivity contribution in [2.45, 2.75) is 59.5 Å². The maximum atomic E-state index is 12.2. The van der Waals surface area contributed by atoms with Crippen LogP contribution < -0.4 is 0 Å². The highest BCUT2D eigenvalue weighted by Gasteiger charge is 2.34. The van der Waals surface area contributed by atoms with E-state index in [0.717, 1.165) is 6.42 Å². The number of benzene rings is 1. The average molecular weight is 262 g/mol. The van der Waals surface area contributed by atoms with Crippen molar-refractivity contribution in [2.24, 2.45) is 5.41 Å². The van der Waals surface area contributed by atoms with Gasteiger partial charge in [-0.05, 0) is 52.5 Å². The number of ether oxygens (including phenoxy) is 1. The number of carbonyl (C=O) groups excluding carboxylic acids is 1. The summed E-state index contributed by atoms with van der Waals surface area (Å²) in [6, 6.07) is 10.3. The number of carbonyl (C=O) groups is 1. The second-order valence-electron chi connectivity index (χ2n) is 6.90. The fraction of sp³-hybridized carbons (Fsp3) is 0.588. The fourth-order valence-electron chi connectivity index (χ4n) is 2.16. The average Bonchev–Trinajstić information content (AvgIpc) is 2.27. The van der Waals surface area contributed by atoms with Crippen LogP contribution in [0.25, 0.3) is 0 Å². The van der Waals surface area contributed by atoms with Gasteiger partial charge in [0.25, 0.3) is 0 Å². The lowest BCUT2D eigenvalue weighted by molar-refractivity contribution is -0.166. The third kappa shape index (κ3) is 5.06. The molecule has 0 amide bonds. The van der Waals surface area contributed by atoms with E-state index in [0.29, 0.717) is 5.92 Å². The first-order valence-corrected chi connectivity index (χ1v) is 6.90. The van der Waals surface area contributed by atoms with Crippen LogP contribution >= 0.6 is 0 Å². The molecule has 1 rings (SSSR count). The predicted molar refractivity (Wildman–Crippen MR) is 79.1 cm³/mol. The third-order valence-electron chi connectivity index (χ3n) is 3.14. The fourth-order valence-corrected chi connectivity index (χ4v) is 2.16. The summed E-state index contributed by atoms with van der Waals surface area (Å²) in [5.74, 6) is 0.214. The van der Waals surface area contributed by atoms with Crippen LogP contribution in [0.15, 0.2) is 30.3 Å². The van der Waals surface area contributed by atoms with Crippen LogP contribution in [-0.4, -0.2) is 11.6 Å².